The number of carbonyl (C=O) groups excluding carboxylic acids is 1. The Morgan fingerprint density at radius 3 is 2.54 bits per heavy atom. The Labute approximate surface area is 142 Å². The predicted molar refractivity (Wildman–Crippen MR) is 97.0 cm³/mol. The molecule has 0 radical (unpaired) electrons. The molecule has 5 heteroatoms. The number of piperidine rings is 1. The maximum Gasteiger partial charge on any atom is 0.238 e. The lowest BCUT2D eigenvalue weighted by Gasteiger charge is -2.33. The second kappa shape index (κ2) is 7.93. The first kappa shape index (κ1) is 16.5. The number of nitrogens with one attached hydrogen (secondary N) is 1. The highest BCUT2D eigenvalue weighted by molar-refractivity contribution is 5.91. The molecule has 126 valence electrons. The van der Waals surface area contributed by atoms with Gasteiger partial charge in [-0.15, -0.1) is 0 Å². The molecule has 1 aromatic carbocycles. The van der Waals surface area contributed by atoms with Crippen molar-refractivity contribution < 1.29 is 4.79 Å². The van der Waals surface area contributed by atoms with Crippen LogP contribution in [0, 0.1) is 5.92 Å². The van der Waals surface area contributed by atoms with E-state index in [0.717, 1.165) is 31.2 Å². The van der Waals surface area contributed by atoms with Crippen LogP contribution in [-0.2, 0) is 11.2 Å². The van der Waals surface area contributed by atoms with Gasteiger partial charge in [-0.3, -0.25) is 4.79 Å². The van der Waals surface area contributed by atoms with Crippen LogP contribution in [0.3, 0.4) is 0 Å². The molecule has 0 atom stereocenters. The summed E-state index contributed by atoms with van der Waals surface area (Å²) >= 11 is 0. The Morgan fingerprint density at radius 1 is 1.17 bits per heavy atom. The second-order valence-electron chi connectivity index (χ2n) is 6.28. The van der Waals surface area contributed by atoms with Gasteiger partial charge in [0.1, 0.15) is 5.82 Å². The number of nitrogens with zero attached hydrogens (tertiary/aromatic N) is 2. The number of carbonyl (C=O) groups is 1. The Balaban J connectivity index is 1.52. The van der Waals surface area contributed by atoms with Crippen LogP contribution < -0.4 is 16.0 Å². The zero-order valence-corrected chi connectivity index (χ0v) is 13.8. The lowest BCUT2D eigenvalue weighted by atomic mass is 9.90. The zero-order valence-electron chi connectivity index (χ0n) is 13.8. The van der Waals surface area contributed by atoms with Gasteiger partial charge >= 0.3 is 0 Å². The highest BCUT2D eigenvalue weighted by Gasteiger charge is 2.20. The van der Waals surface area contributed by atoms with Crippen molar-refractivity contribution >= 4 is 17.4 Å². The van der Waals surface area contributed by atoms with Gasteiger partial charge in [-0.2, -0.15) is 0 Å². The monoisotopic (exact) mass is 324 g/mol. The summed E-state index contributed by atoms with van der Waals surface area (Å²) in [5.74, 6) is 1.51. The van der Waals surface area contributed by atoms with E-state index in [9.17, 15) is 4.79 Å². The van der Waals surface area contributed by atoms with Crippen LogP contribution in [0.25, 0.3) is 0 Å². The maximum atomic E-state index is 11.3. The van der Waals surface area contributed by atoms with Crippen molar-refractivity contribution in [2.75, 3.05) is 29.9 Å². The average molecular weight is 324 g/mol. The molecule has 1 aliphatic heterocycles. The lowest BCUT2D eigenvalue weighted by molar-refractivity contribution is -0.114. The average Bonchev–Trinajstić information content (AvgIpc) is 2.64. The molecule has 0 saturated carbocycles. The smallest absolute Gasteiger partial charge is 0.238 e. The summed E-state index contributed by atoms with van der Waals surface area (Å²) in [6.45, 7) is 2.04. The minimum absolute atomic E-state index is 0.0172. The molecule has 0 spiro atoms. The molecule has 1 fully saturated rings. The fourth-order valence-electron chi connectivity index (χ4n) is 3.17. The third-order valence-corrected chi connectivity index (χ3v) is 4.52. The van der Waals surface area contributed by atoms with Crippen LogP contribution in [-0.4, -0.2) is 30.5 Å². The second-order valence-corrected chi connectivity index (χ2v) is 6.28. The number of anilines is 2. The third kappa shape index (κ3) is 4.32. The first-order valence-corrected chi connectivity index (χ1v) is 8.49. The van der Waals surface area contributed by atoms with Crippen LogP contribution >= 0.6 is 0 Å². The molecular weight excluding hydrogens is 300 g/mol. The molecule has 0 aliphatic carbocycles. The SMILES string of the molecule is NCC(=O)Nc1ccc(N2CCC(Cc3ccccc3)CC2)nc1. The number of aromatic nitrogens is 1. The summed E-state index contributed by atoms with van der Waals surface area (Å²) in [5, 5.41) is 2.71. The van der Waals surface area contributed by atoms with Crippen molar-refractivity contribution in [1.29, 1.82) is 0 Å². The summed E-state index contributed by atoms with van der Waals surface area (Å²) < 4.78 is 0. The summed E-state index contributed by atoms with van der Waals surface area (Å²) in [7, 11) is 0. The van der Waals surface area contributed by atoms with E-state index in [-0.39, 0.29) is 12.5 Å². The molecular formula is C19H24N4O. The minimum atomic E-state index is -0.203. The van der Waals surface area contributed by atoms with Gasteiger partial charge in [-0.25, -0.2) is 4.98 Å². The van der Waals surface area contributed by atoms with E-state index in [2.05, 4.69) is 45.5 Å². The minimum Gasteiger partial charge on any atom is -0.357 e. The quantitative estimate of drug-likeness (QED) is 0.886. The Bertz CT molecular complexity index is 649. The highest BCUT2D eigenvalue weighted by atomic mass is 16.1. The molecule has 1 aliphatic rings. The van der Waals surface area contributed by atoms with Gasteiger partial charge in [0.2, 0.25) is 5.91 Å². The maximum absolute atomic E-state index is 11.3. The van der Waals surface area contributed by atoms with Crippen molar-refractivity contribution in [3.63, 3.8) is 0 Å². The van der Waals surface area contributed by atoms with Crippen molar-refractivity contribution in [3.8, 4) is 0 Å². The summed E-state index contributed by atoms with van der Waals surface area (Å²) in [4.78, 5) is 18.1. The third-order valence-electron chi connectivity index (χ3n) is 4.52. The summed E-state index contributed by atoms with van der Waals surface area (Å²) in [6.07, 6.45) is 5.22. The molecule has 1 amide bonds. The molecule has 0 bridgehead atoms. The number of nitrogens with two attached hydrogens (primary N) is 1. The van der Waals surface area contributed by atoms with Gasteiger partial charge in [0.25, 0.3) is 0 Å². The van der Waals surface area contributed by atoms with E-state index in [0.29, 0.717) is 5.69 Å². The summed E-state index contributed by atoms with van der Waals surface area (Å²) in [5.41, 5.74) is 7.41. The number of pyridine rings is 1. The van der Waals surface area contributed by atoms with E-state index in [1.54, 1.807) is 6.20 Å². The standard InChI is InChI=1S/C19H24N4O/c20-13-19(24)22-17-6-7-18(21-14-17)23-10-8-16(9-11-23)12-15-4-2-1-3-5-15/h1-7,14,16H,8-13,20H2,(H,22,24). The van der Waals surface area contributed by atoms with Gasteiger partial charge in [-0.1, -0.05) is 30.3 Å². The Hall–Kier alpha value is -2.40. The lowest BCUT2D eigenvalue weighted by Crippen LogP contribution is -2.34. The fraction of sp³-hybridized carbons (Fsp3) is 0.368. The van der Waals surface area contributed by atoms with Crippen molar-refractivity contribution in [2.24, 2.45) is 11.7 Å². The fourth-order valence-corrected chi connectivity index (χ4v) is 3.17. The van der Waals surface area contributed by atoms with Crippen LogP contribution in [0.2, 0.25) is 0 Å². The normalized spacial score (nSPS) is 15.3. The van der Waals surface area contributed by atoms with Gasteiger partial charge < -0.3 is 16.0 Å². The van der Waals surface area contributed by atoms with Crippen LogP contribution in [0.15, 0.2) is 48.7 Å². The van der Waals surface area contributed by atoms with E-state index in [1.807, 2.05) is 12.1 Å². The van der Waals surface area contributed by atoms with E-state index >= 15 is 0 Å². The molecule has 3 N–H and O–H groups in total. The largest absolute Gasteiger partial charge is 0.357 e. The van der Waals surface area contributed by atoms with Gasteiger partial charge in [0.15, 0.2) is 0 Å². The molecule has 3 rings (SSSR count). The van der Waals surface area contributed by atoms with Crippen molar-refractivity contribution in [2.45, 2.75) is 19.3 Å². The van der Waals surface area contributed by atoms with Gasteiger partial charge in [-0.05, 0) is 42.9 Å². The van der Waals surface area contributed by atoms with E-state index in [4.69, 9.17) is 5.73 Å². The Morgan fingerprint density at radius 2 is 1.92 bits per heavy atom. The first-order valence-electron chi connectivity index (χ1n) is 8.49. The summed E-state index contributed by atoms with van der Waals surface area (Å²) in [6, 6.07) is 14.6. The van der Waals surface area contributed by atoms with E-state index in [1.165, 1.54) is 18.4 Å². The first-order chi connectivity index (χ1) is 11.7. The van der Waals surface area contributed by atoms with Crippen LogP contribution in [0.1, 0.15) is 18.4 Å². The van der Waals surface area contributed by atoms with E-state index < -0.39 is 0 Å². The molecule has 1 saturated heterocycles. The van der Waals surface area contributed by atoms with Crippen molar-refractivity contribution in [3.05, 3.63) is 54.2 Å². The number of hydrogen-bond donors (Lipinski definition) is 2. The Kier molecular flexibility index (Phi) is 5.43. The number of amides is 1. The molecule has 5 nitrogen and oxygen atoms in total. The number of hydrogen-bond acceptors (Lipinski definition) is 4. The van der Waals surface area contributed by atoms with Gasteiger partial charge in [0.05, 0.1) is 18.4 Å². The number of benzene rings is 1. The molecule has 0 unspecified atom stereocenters. The highest BCUT2D eigenvalue weighted by Crippen LogP contribution is 2.25. The zero-order chi connectivity index (χ0) is 16.8. The molecule has 1 aromatic heterocycles. The molecule has 2 aromatic rings. The van der Waals surface area contributed by atoms with Crippen molar-refractivity contribution in [1.82, 2.24) is 4.98 Å². The van der Waals surface area contributed by atoms with Crippen LogP contribution in [0.5, 0.6) is 0 Å². The molecule has 2 heterocycles. The predicted octanol–water partition coefficient (Wildman–Crippen LogP) is 2.44. The molecule has 24 heavy (non-hydrogen) atoms. The number of rotatable bonds is 5. The van der Waals surface area contributed by atoms with Crippen LogP contribution in [0.4, 0.5) is 11.5 Å². The van der Waals surface area contributed by atoms with Gasteiger partial charge in [0, 0.05) is 13.1 Å². The topological polar surface area (TPSA) is 71.2 Å².